The molecule has 5 nitrogen and oxygen atoms in total. The van der Waals surface area contributed by atoms with Crippen molar-refractivity contribution in [2.45, 2.75) is 38.6 Å². The highest BCUT2D eigenvalue weighted by atomic mass is 19.1. The van der Waals surface area contributed by atoms with Gasteiger partial charge in [-0.15, -0.1) is 0 Å². The SMILES string of the molecule is CN=C(NCCc1ccc(F)cc1)NCc1cccc(NC(=O)C2CCCC2)c1. The Morgan fingerprint density at radius 3 is 2.55 bits per heavy atom. The summed E-state index contributed by atoms with van der Waals surface area (Å²) in [4.78, 5) is 16.6. The van der Waals surface area contributed by atoms with Crippen molar-refractivity contribution in [2.24, 2.45) is 10.9 Å². The monoisotopic (exact) mass is 396 g/mol. The lowest BCUT2D eigenvalue weighted by Crippen LogP contribution is -2.37. The summed E-state index contributed by atoms with van der Waals surface area (Å²) in [6.07, 6.45) is 5.06. The van der Waals surface area contributed by atoms with Crippen molar-refractivity contribution in [1.29, 1.82) is 0 Å². The summed E-state index contributed by atoms with van der Waals surface area (Å²) in [6.45, 7) is 1.30. The van der Waals surface area contributed by atoms with E-state index in [1.165, 1.54) is 12.1 Å². The normalized spacial score (nSPS) is 14.6. The smallest absolute Gasteiger partial charge is 0.227 e. The maximum Gasteiger partial charge on any atom is 0.227 e. The summed E-state index contributed by atoms with van der Waals surface area (Å²) in [6, 6.07) is 14.4. The summed E-state index contributed by atoms with van der Waals surface area (Å²) in [5, 5.41) is 9.59. The molecule has 2 aromatic rings. The third-order valence-corrected chi connectivity index (χ3v) is 5.22. The fraction of sp³-hybridized carbons (Fsp3) is 0.391. The van der Waals surface area contributed by atoms with Crippen LogP contribution < -0.4 is 16.0 Å². The molecule has 0 aliphatic heterocycles. The summed E-state index contributed by atoms with van der Waals surface area (Å²) in [5.41, 5.74) is 2.97. The first kappa shape index (κ1) is 20.8. The van der Waals surface area contributed by atoms with Crippen LogP contribution in [0, 0.1) is 11.7 Å². The molecule has 0 unspecified atom stereocenters. The van der Waals surface area contributed by atoms with Gasteiger partial charge in [0.2, 0.25) is 5.91 Å². The van der Waals surface area contributed by atoms with Crippen LogP contribution in [0.2, 0.25) is 0 Å². The molecule has 0 atom stereocenters. The van der Waals surface area contributed by atoms with Crippen LogP contribution in [0.1, 0.15) is 36.8 Å². The van der Waals surface area contributed by atoms with Crippen LogP contribution in [0.25, 0.3) is 0 Å². The van der Waals surface area contributed by atoms with Crippen LogP contribution in [-0.2, 0) is 17.8 Å². The number of carbonyl (C=O) groups excluding carboxylic acids is 1. The van der Waals surface area contributed by atoms with Gasteiger partial charge in [0.1, 0.15) is 5.82 Å². The minimum atomic E-state index is -0.221. The van der Waals surface area contributed by atoms with E-state index in [1.807, 2.05) is 24.3 Å². The van der Waals surface area contributed by atoms with Crippen molar-refractivity contribution in [3.63, 3.8) is 0 Å². The number of rotatable bonds is 7. The molecule has 0 spiro atoms. The molecule has 0 heterocycles. The standard InChI is InChI=1S/C23H29FN4O/c1-25-23(26-14-13-17-9-11-20(24)12-10-17)27-16-18-5-4-8-21(15-18)28-22(29)19-6-2-3-7-19/h4-5,8-12,15,19H,2-3,6-7,13-14,16H2,1H3,(H,28,29)(H2,25,26,27). The van der Waals surface area contributed by atoms with Gasteiger partial charge in [0.25, 0.3) is 0 Å². The lowest BCUT2D eigenvalue weighted by Gasteiger charge is -2.14. The molecule has 1 amide bonds. The molecule has 6 heteroatoms. The average molecular weight is 397 g/mol. The minimum Gasteiger partial charge on any atom is -0.356 e. The van der Waals surface area contributed by atoms with Crippen LogP contribution in [0.4, 0.5) is 10.1 Å². The van der Waals surface area contributed by atoms with E-state index < -0.39 is 0 Å². The molecule has 1 aliphatic carbocycles. The van der Waals surface area contributed by atoms with Crippen molar-refractivity contribution in [3.05, 3.63) is 65.5 Å². The van der Waals surface area contributed by atoms with Gasteiger partial charge >= 0.3 is 0 Å². The van der Waals surface area contributed by atoms with Gasteiger partial charge in [-0.1, -0.05) is 37.1 Å². The highest BCUT2D eigenvalue weighted by Crippen LogP contribution is 2.26. The van der Waals surface area contributed by atoms with Crippen molar-refractivity contribution in [1.82, 2.24) is 10.6 Å². The zero-order valence-electron chi connectivity index (χ0n) is 16.9. The van der Waals surface area contributed by atoms with Gasteiger partial charge in [-0.05, 0) is 54.7 Å². The molecule has 2 aromatic carbocycles. The fourth-order valence-corrected chi connectivity index (χ4v) is 3.57. The summed E-state index contributed by atoms with van der Waals surface area (Å²) in [7, 11) is 1.73. The van der Waals surface area contributed by atoms with E-state index in [1.54, 1.807) is 19.2 Å². The Morgan fingerprint density at radius 2 is 1.83 bits per heavy atom. The number of benzene rings is 2. The van der Waals surface area contributed by atoms with Crippen molar-refractivity contribution >= 4 is 17.6 Å². The molecule has 3 N–H and O–H groups in total. The Kier molecular flexibility index (Phi) is 7.61. The third kappa shape index (κ3) is 6.59. The predicted octanol–water partition coefficient (Wildman–Crippen LogP) is 3.86. The Bertz CT molecular complexity index is 829. The number of nitrogens with zero attached hydrogens (tertiary/aromatic N) is 1. The largest absolute Gasteiger partial charge is 0.356 e. The highest BCUT2D eigenvalue weighted by Gasteiger charge is 2.22. The summed E-state index contributed by atoms with van der Waals surface area (Å²) < 4.78 is 13.0. The van der Waals surface area contributed by atoms with Crippen LogP contribution in [0.5, 0.6) is 0 Å². The van der Waals surface area contributed by atoms with Crippen LogP contribution in [0.15, 0.2) is 53.5 Å². The zero-order valence-corrected chi connectivity index (χ0v) is 16.9. The second-order valence-corrected chi connectivity index (χ2v) is 7.40. The molecule has 1 fully saturated rings. The highest BCUT2D eigenvalue weighted by molar-refractivity contribution is 5.92. The number of nitrogens with one attached hydrogen (secondary N) is 3. The van der Waals surface area contributed by atoms with E-state index in [-0.39, 0.29) is 17.6 Å². The first-order chi connectivity index (χ1) is 14.1. The van der Waals surface area contributed by atoms with E-state index in [2.05, 4.69) is 20.9 Å². The number of carbonyl (C=O) groups is 1. The van der Waals surface area contributed by atoms with E-state index in [9.17, 15) is 9.18 Å². The number of amides is 1. The van der Waals surface area contributed by atoms with Gasteiger partial charge < -0.3 is 16.0 Å². The molecular weight excluding hydrogens is 367 g/mol. The molecule has 1 saturated carbocycles. The molecular formula is C23H29FN4O. The molecule has 154 valence electrons. The number of aliphatic imine (C=N–C) groups is 1. The number of anilines is 1. The topological polar surface area (TPSA) is 65.5 Å². The molecule has 0 radical (unpaired) electrons. The quantitative estimate of drug-likeness (QED) is 0.492. The third-order valence-electron chi connectivity index (χ3n) is 5.22. The molecule has 0 aromatic heterocycles. The number of hydrogen-bond donors (Lipinski definition) is 3. The summed E-state index contributed by atoms with van der Waals surface area (Å²) in [5.74, 6) is 0.764. The van der Waals surface area contributed by atoms with Crippen LogP contribution in [-0.4, -0.2) is 25.5 Å². The van der Waals surface area contributed by atoms with E-state index in [0.29, 0.717) is 19.0 Å². The number of halogens is 1. The first-order valence-corrected chi connectivity index (χ1v) is 10.2. The Labute approximate surface area is 171 Å². The first-order valence-electron chi connectivity index (χ1n) is 10.2. The van der Waals surface area contributed by atoms with Gasteiger partial charge in [0.05, 0.1) is 0 Å². The van der Waals surface area contributed by atoms with E-state index in [4.69, 9.17) is 0 Å². The maximum absolute atomic E-state index is 13.0. The predicted molar refractivity (Wildman–Crippen MR) is 115 cm³/mol. The van der Waals surface area contributed by atoms with Gasteiger partial charge in [0, 0.05) is 31.7 Å². The second-order valence-electron chi connectivity index (χ2n) is 7.40. The van der Waals surface area contributed by atoms with Crippen LogP contribution in [0.3, 0.4) is 0 Å². The Morgan fingerprint density at radius 1 is 1.07 bits per heavy atom. The maximum atomic E-state index is 13.0. The van der Waals surface area contributed by atoms with Crippen LogP contribution >= 0.6 is 0 Å². The number of guanidine groups is 1. The van der Waals surface area contributed by atoms with Crippen molar-refractivity contribution in [3.8, 4) is 0 Å². The van der Waals surface area contributed by atoms with E-state index >= 15 is 0 Å². The molecule has 3 rings (SSSR count). The molecule has 0 bridgehead atoms. The fourth-order valence-electron chi connectivity index (χ4n) is 3.57. The van der Waals surface area contributed by atoms with E-state index in [0.717, 1.165) is 48.9 Å². The average Bonchev–Trinajstić information content (AvgIpc) is 3.27. The molecule has 0 saturated heterocycles. The molecule has 29 heavy (non-hydrogen) atoms. The lowest BCUT2D eigenvalue weighted by molar-refractivity contribution is -0.119. The van der Waals surface area contributed by atoms with Crippen molar-refractivity contribution in [2.75, 3.05) is 18.9 Å². The van der Waals surface area contributed by atoms with Gasteiger partial charge in [-0.2, -0.15) is 0 Å². The van der Waals surface area contributed by atoms with Gasteiger partial charge in [-0.25, -0.2) is 4.39 Å². The summed E-state index contributed by atoms with van der Waals surface area (Å²) >= 11 is 0. The number of hydrogen-bond acceptors (Lipinski definition) is 2. The Balaban J connectivity index is 1.45. The Hall–Kier alpha value is -2.89. The minimum absolute atomic E-state index is 0.130. The van der Waals surface area contributed by atoms with Gasteiger partial charge in [0.15, 0.2) is 5.96 Å². The van der Waals surface area contributed by atoms with Gasteiger partial charge in [-0.3, -0.25) is 9.79 Å². The lowest BCUT2D eigenvalue weighted by atomic mass is 10.1. The zero-order chi connectivity index (χ0) is 20.5. The molecule has 1 aliphatic rings. The second kappa shape index (κ2) is 10.6. The van der Waals surface area contributed by atoms with Crippen molar-refractivity contribution < 1.29 is 9.18 Å².